The molecule has 51 heavy (non-hydrogen) atoms. The minimum Gasteiger partial charge on any atom is -0.208 e. The van der Waals surface area contributed by atoms with Gasteiger partial charge in [-0.3, -0.25) is 0 Å². The van der Waals surface area contributed by atoms with E-state index in [0.717, 1.165) is 23.1 Å². The molecule has 0 aliphatic heterocycles. The lowest BCUT2D eigenvalue weighted by Crippen LogP contribution is -2.33. The molecule has 0 spiro atoms. The molecule has 0 atom stereocenters. The molecular formula is C48H51N3. The molecular weight excluding hydrogens is 619 g/mol. The second-order valence-electron chi connectivity index (χ2n) is 14.8. The number of rotatable bonds is 12. The molecule has 0 N–H and O–H groups in total. The van der Waals surface area contributed by atoms with Crippen molar-refractivity contribution in [1.82, 2.24) is 15.0 Å². The SMILES string of the molecule is CCCCCc1ccc(-c2ccc(-c3nc(-c4ccc(-c5ccc(C6(CCC)CCC6)cc5)cc4)nc(-c4cc(C)c(C)c(C)c4)n3)cc2)cc1. The summed E-state index contributed by atoms with van der Waals surface area (Å²) in [6.07, 6.45) is 11.5. The molecule has 7 rings (SSSR count). The molecule has 0 bridgehead atoms. The summed E-state index contributed by atoms with van der Waals surface area (Å²) in [7, 11) is 0. The van der Waals surface area contributed by atoms with E-state index in [9.17, 15) is 0 Å². The maximum absolute atomic E-state index is 5.06. The van der Waals surface area contributed by atoms with Gasteiger partial charge in [-0.1, -0.05) is 137 Å². The normalized spacial score (nSPS) is 13.6. The van der Waals surface area contributed by atoms with Crippen LogP contribution in [0.5, 0.6) is 0 Å². The summed E-state index contributed by atoms with van der Waals surface area (Å²) in [5.41, 5.74) is 14.9. The van der Waals surface area contributed by atoms with Gasteiger partial charge in [0.2, 0.25) is 0 Å². The molecule has 1 aromatic heterocycles. The van der Waals surface area contributed by atoms with Crippen LogP contribution in [0.4, 0.5) is 0 Å². The van der Waals surface area contributed by atoms with Gasteiger partial charge in [0.1, 0.15) is 0 Å². The van der Waals surface area contributed by atoms with Crippen LogP contribution in [0.2, 0.25) is 0 Å². The minimum absolute atomic E-state index is 0.402. The van der Waals surface area contributed by atoms with Crippen molar-refractivity contribution in [3.63, 3.8) is 0 Å². The Kier molecular flexibility index (Phi) is 10.3. The summed E-state index contributed by atoms with van der Waals surface area (Å²) < 4.78 is 0. The van der Waals surface area contributed by atoms with Crippen LogP contribution in [0.3, 0.4) is 0 Å². The Morgan fingerprint density at radius 2 is 0.922 bits per heavy atom. The van der Waals surface area contributed by atoms with Gasteiger partial charge < -0.3 is 0 Å². The van der Waals surface area contributed by atoms with Gasteiger partial charge in [-0.05, 0) is 120 Å². The highest BCUT2D eigenvalue weighted by molar-refractivity contribution is 5.73. The van der Waals surface area contributed by atoms with Crippen molar-refractivity contribution < 1.29 is 0 Å². The van der Waals surface area contributed by atoms with E-state index in [1.54, 1.807) is 0 Å². The average molecular weight is 670 g/mol. The van der Waals surface area contributed by atoms with Crippen molar-refractivity contribution in [2.24, 2.45) is 0 Å². The van der Waals surface area contributed by atoms with Gasteiger partial charge in [0.05, 0.1) is 0 Å². The topological polar surface area (TPSA) is 38.7 Å². The molecule has 1 fully saturated rings. The number of hydrogen-bond donors (Lipinski definition) is 0. The first-order valence-electron chi connectivity index (χ1n) is 19.1. The van der Waals surface area contributed by atoms with Crippen molar-refractivity contribution in [3.05, 3.63) is 137 Å². The third kappa shape index (κ3) is 7.45. The molecule has 1 aliphatic rings. The maximum Gasteiger partial charge on any atom is 0.164 e. The van der Waals surface area contributed by atoms with Gasteiger partial charge in [0.25, 0.3) is 0 Å². The second kappa shape index (κ2) is 15.2. The van der Waals surface area contributed by atoms with Crippen LogP contribution < -0.4 is 0 Å². The number of benzene rings is 5. The van der Waals surface area contributed by atoms with Gasteiger partial charge in [-0.2, -0.15) is 0 Å². The summed E-state index contributed by atoms with van der Waals surface area (Å²) in [5, 5.41) is 0. The van der Waals surface area contributed by atoms with Gasteiger partial charge in [0.15, 0.2) is 17.5 Å². The summed E-state index contributed by atoms with van der Waals surface area (Å²) >= 11 is 0. The maximum atomic E-state index is 5.06. The molecule has 3 heteroatoms. The minimum atomic E-state index is 0.402. The number of hydrogen-bond acceptors (Lipinski definition) is 3. The Hall–Kier alpha value is -4.89. The summed E-state index contributed by atoms with van der Waals surface area (Å²) in [6, 6.07) is 40.1. The third-order valence-electron chi connectivity index (χ3n) is 11.3. The lowest BCUT2D eigenvalue weighted by atomic mass is 9.62. The van der Waals surface area contributed by atoms with E-state index < -0.39 is 0 Å². The number of aryl methyl sites for hydroxylation is 3. The Bertz CT molecular complexity index is 2060. The smallest absolute Gasteiger partial charge is 0.164 e. The zero-order valence-corrected chi connectivity index (χ0v) is 31.1. The Morgan fingerprint density at radius 1 is 0.490 bits per heavy atom. The zero-order valence-electron chi connectivity index (χ0n) is 31.1. The fourth-order valence-electron chi connectivity index (χ4n) is 7.78. The van der Waals surface area contributed by atoms with Gasteiger partial charge in [0, 0.05) is 16.7 Å². The highest BCUT2D eigenvalue weighted by atomic mass is 15.0. The van der Waals surface area contributed by atoms with Gasteiger partial charge in [-0.15, -0.1) is 0 Å². The highest BCUT2D eigenvalue weighted by Gasteiger charge is 2.37. The molecule has 0 unspecified atom stereocenters. The Morgan fingerprint density at radius 3 is 1.35 bits per heavy atom. The van der Waals surface area contributed by atoms with Gasteiger partial charge >= 0.3 is 0 Å². The first-order valence-corrected chi connectivity index (χ1v) is 19.1. The van der Waals surface area contributed by atoms with Crippen molar-refractivity contribution >= 4 is 0 Å². The van der Waals surface area contributed by atoms with Crippen molar-refractivity contribution in [2.75, 3.05) is 0 Å². The number of aromatic nitrogens is 3. The monoisotopic (exact) mass is 669 g/mol. The lowest BCUT2D eigenvalue weighted by Gasteiger charge is -2.42. The zero-order chi connectivity index (χ0) is 35.4. The fraction of sp³-hybridized carbons (Fsp3) is 0.312. The second-order valence-corrected chi connectivity index (χ2v) is 14.8. The van der Waals surface area contributed by atoms with E-state index in [4.69, 9.17) is 15.0 Å². The standard InChI is InChI=1S/C48H51N3/c1-6-8-9-11-36-12-14-37(15-13-36)38-16-20-41(21-17-38)45-49-46(51-47(50-45)43-31-33(3)35(5)34(4)32-43)42-22-18-39(19-23-42)40-24-26-44(27-25-40)48(28-7-2)29-10-30-48/h12-27,31-32H,6-11,28-30H2,1-5H3. The van der Waals surface area contributed by atoms with E-state index >= 15 is 0 Å². The van der Waals surface area contributed by atoms with Crippen LogP contribution in [-0.2, 0) is 11.8 Å². The summed E-state index contributed by atoms with van der Waals surface area (Å²) in [4.78, 5) is 15.2. The number of nitrogens with zero attached hydrogens (tertiary/aromatic N) is 3. The molecule has 5 aromatic carbocycles. The highest BCUT2D eigenvalue weighted by Crippen LogP contribution is 2.47. The summed E-state index contributed by atoms with van der Waals surface area (Å²) in [6.45, 7) is 11.1. The fourth-order valence-corrected chi connectivity index (χ4v) is 7.78. The summed E-state index contributed by atoms with van der Waals surface area (Å²) in [5.74, 6) is 2.06. The van der Waals surface area contributed by atoms with Crippen LogP contribution in [-0.4, -0.2) is 15.0 Å². The quantitative estimate of drug-likeness (QED) is 0.122. The molecule has 258 valence electrons. The molecule has 0 amide bonds. The van der Waals surface area contributed by atoms with E-state index in [2.05, 4.69) is 144 Å². The predicted octanol–water partition coefficient (Wildman–Crippen LogP) is 13.1. The largest absolute Gasteiger partial charge is 0.208 e. The van der Waals surface area contributed by atoms with Gasteiger partial charge in [-0.25, -0.2) is 15.0 Å². The van der Waals surface area contributed by atoms with Crippen LogP contribution in [0.15, 0.2) is 109 Å². The Balaban J connectivity index is 1.19. The molecule has 6 aromatic rings. The van der Waals surface area contributed by atoms with Crippen molar-refractivity contribution in [3.8, 4) is 56.4 Å². The van der Waals surface area contributed by atoms with Crippen LogP contribution >= 0.6 is 0 Å². The first-order chi connectivity index (χ1) is 24.9. The number of unbranched alkanes of at least 4 members (excludes halogenated alkanes) is 2. The van der Waals surface area contributed by atoms with E-state index in [-0.39, 0.29) is 0 Å². The van der Waals surface area contributed by atoms with Crippen LogP contribution in [0.1, 0.15) is 93.0 Å². The van der Waals surface area contributed by atoms with E-state index in [1.165, 1.54) is 101 Å². The molecule has 3 nitrogen and oxygen atoms in total. The first kappa shape index (κ1) is 34.6. The van der Waals surface area contributed by atoms with Crippen LogP contribution in [0.25, 0.3) is 56.4 Å². The molecule has 1 saturated carbocycles. The van der Waals surface area contributed by atoms with Crippen molar-refractivity contribution in [1.29, 1.82) is 0 Å². The molecule has 0 radical (unpaired) electrons. The Labute approximate surface area is 305 Å². The molecule has 1 aliphatic carbocycles. The third-order valence-corrected chi connectivity index (χ3v) is 11.3. The molecule has 1 heterocycles. The lowest BCUT2D eigenvalue weighted by molar-refractivity contribution is 0.224. The van der Waals surface area contributed by atoms with E-state index in [1.807, 2.05) is 0 Å². The average Bonchev–Trinajstić information content (AvgIpc) is 3.15. The van der Waals surface area contributed by atoms with E-state index in [0.29, 0.717) is 22.9 Å². The predicted molar refractivity (Wildman–Crippen MR) is 215 cm³/mol. The molecule has 0 saturated heterocycles. The van der Waals surface area contributed by atoms with Crippen LogP contribution in [0, 0.1) is 20.8 Å². The van der Waals surface area contributed by atoms with Crippen molar-refractivity contribution in [2.45, 2.75) is 97.8 Å².